The number of hydrogen-bond acceptors (Lipinski definition) is 4. The van der Waals surface area contributed by atoms with Gasteiger partial charge in [0.1, 0.15) is 13.2 Å². The number of aromatic nitrogens is 2. The Kier molecular flexibility index (Phi) is 5.33. The molecule has 0 bridgehead atoms. The predicted molar refractivity (Wildman–Crippen MR) is 109 cm³/mol. The molecule has 0 aliphatic rings. The summed E-state index contributed by atoms with van der Waals surface area (Å²) < 4.78 is 13.4. The van der Waals surface area contributed by atoms with Crippen molar-refractivity contribution in [2.24, 2.45) is 0 Å². The lowest BCUT2D eigenvalue weighted by Gasteiger charge is -2.13. The molecular weight excluding hydrogens is 352 g/mol. The second-order valence-electron chi connectivity index (χ2n) is 6.33. The van der Waals surface area contributed by atoms with E-state index in [1.54, 1.807) is 17.0 Å². The van der Waals surface area contributed by atoms with Gasteiger partial charge in [-0.2, -0.15) is 0 Å². The lowest BCUT2D eigenvalue weighted by molar-refractivity contribution is 0.253. The number of rotatable bonds is 7. The fraction of sp³-hybridized carbons (Fsp3) is 0.130. The lowest BCUT2D eigenvalue weighted by atomic mass is 10.2. The third kappa shape index (κ3) is 4.04. The maximum absolute atomic E-state index is 12.5. The highest BCUT2D eigenvalue weighted by Gasteiger charge is 2.07. The summed E-state index contributed by atoms with van der Waals surface area (Å²) in [5.41, 5.74) is 1.72. The van der Waals surface area contributed by atoms with E-state index in [-0.39, 0.29) is 5.56 Å². The molecule has 140 valence electrons. The zero-order valence-electron chi connectivity index (χ0n) is 15.3. The van der Waals surface area contributed by atoms with Crippen molar-refractivity contribution in [3.05, 3.63) is 101 Å². The highest BCUT2D eigenvalue weighted by molar-refractivity contribution is 5.76. The number of para-hydroxylation sites is 3. The molecule has 4 rings (SSSR count). The molecule has 5 nitrogen and oxygen atoms in total. The first-order chi connectivity index (χ1) is 13.8. The molecule has 0 amide bonds. The molecule has 28 heavy (non-hydrogen) atoms. The summed E-state index contributed by atoms with van der Waals surface area (Å²) in [4.78, 5) is 16.9. The molecule has 0 aliphatic heterocycles. The lowest BCUT2D eigenvalue weighted by Crippen LogP contribution is -2.23. The molecule has 0 spiro atoms. The van der Waals surface area contributed by atoms with E-state index in [1.165, 1.54) is 0 Å². The molecule has 0 saturated heterocycles. The van der Waals surface area contributed by atoms with Crippen molar-refractivity contribution in [2.45, 2.75) is 13.2 Å². The van der Waals surface area contributed by atoms with Crippen LogP contribution in [0.4, 0.5) is 0 Å². The quantitative estimate of drug-likeness (QED) is 0.491. The van der Waals surface area contributed by atoms with E-state index < -0.39 is 0 Å². The molecule has 0 saturated carbocycles. The van der Waals surface area contributed by atoms with Crippen molar-refractivity contribution in [3.63, 3.8) is 0 Å². The minimum Gasteiger partial charge on any atom is -0.488 e. The Morgan fingerprint density at radius 1 is 0.786 bits per heavy atom. The standard InChI is InChI=1S/C23H20N2O3/c26-23-19-10-4-5-11-20(19)24-17-25(23)14-15-27-21-12-6-7-13-22(21)28-16-18-8-2-1-3-9-18/h1-13,17H,14-16H2. The van der Waals surface area contributed by atoms with E-state index in [0.29, 0.717) is 42.2 Å². The third-order valence-corrected chi connectivity index (χ3v) is 4.41. The van der Waals surface area contributed by atoms with E-state index in [1.807, 2.05) is 72.8 Å². The van der Waals surface area contributed by atoms with Gasteiger partial charge in [0.2, 0.25) is 0 Å². The van der Waals surface area contributed by atoms with Crippen LogP contribution < -0.4 is 15.0 Å². The fourth-order valence-electron chi connectivity index (χ4n) is 2.94. The summed E-state index contributed by atoms with van der Waals surface area (Å²) in [5, 5.41) is 0.608. The van der Waals surface area contributed by atoms with Gasteiger partial charge in [-0.25, -0.2) is 4.98 Å². The normalized spacial score (nSPS) is 10.7. The fourth-order valence-corrected chi connectivity index (χ4v) is 2.94. The van der Waals surface area contributed by atoms with Crippen molar-refractivity contribution in [1.82, 2.24) is 9.55 Å². The number of nitrogens with zero attached hydrogens (tertiary/aromatic N) is 2. The molecule has 0 N–H and O–H groups in total. The Morgan fingerprint density at radius 3 is 2.29 bits per heavy atom. The van der Waals surface area contributed by atoms with E-state index in [2.05, 4.69) is 4.98 Å². The largest absolute Gasteiger partial charge is 0.488 e. The maximum Gasteiger partial charge on any atom is 0.261 e. The van der Waals surface area contributed by atoms with Crippen molar-refractivity contribution in [1.29, 1.82) is 0 Å². The maximum atomic E-state index is 12.5. The topological polar surface area (TPSA) is 53.4 Å². The van der Waals surface area contributed by atoms with Gasteiger partial charge in [0.15, 0.2) is 11.5 Å². The van der Waals surface area contributed by atoms with Gasteiger partial charge < -0.3 is 9.47 Å². The molecule has 1 aromatic heterocycles. The van der Waals surface area contributed by atoms with Gasteiger partial charge >= 0.3 is 0 Å². The van der Waals surface area contributed by atoms with Crippen LogP contribution in [0.5, 0.6) is 11.5 Å². The zero-order valence-corrected chi connectivity index (χ0v) is 15.3. The number of hydrogen-bond donors (Lipinski definition) is 0. The molecule has 0 atom stereocenters. The molecule has 0 unspecified atom stereocenters. The van der Waals surface area contributed by atoms with Gasteiger partial charge in [0.25, 0.3) is 5.56 Å². The van der Waals surface area contributed by atoms with Gasteiger partial charge in [-0.05, 0) is 29.8 Å². The summed E-state index contributed by atoms with van der Waals surface area (Å²) in [6, 6.07) is 24.8. The highest BCUT2D eigenvalue weighted by Crippen LogP contribution is 2.27. The second kappa shape index (κ2) is 8.39. The van der Waals surface area contributed by atoms with Crippen LogP contribution in [0.25, 0.3) is 10.9 Å². The summed E-state index contributed by atoms with van der Waals surface area (Å²) in [5.74, 6) is 1.33. The summed E-state index contributed by atoms with van der Waals surface area (Å²) >= 11 is 0. The van der Waals surface area contributed by atoms with E-state index >= 15 is 0 Å². The Hall–Kier alpha value is -3.60. The van der Waals surface area contributed by atoms with Gasteiger partial charge in [-0.15, -0.1) is 0 Å². The van der Waals surface area contributed by atoms with Crippen LogP contribution in [0.3, 0.4) is 0 Å². The van der Waals surface area contributed by atoms with Crippen LogP contribution in [0.15, 0.2) is 90.0 Å². The van der Waals surface area contributed by atoms with Gasteiger partial charge in [-0.1, -0.05) is 54.6 Å². The molecule has 1 heterocycles. The van der Waals surface area contributed by atoms with Crippen molar-refractivity contribution < 1.29 is 9.47 Å². The first kappa shape index (κ1) is 17.8. The van der Waals surface area contributed by atoms with Crippen LogP contribution in [-0.4, -0.2) is 16.2 Å². The minimum atomic E-state index is -0.0668. The summed E-state index contributed by atoms with van der Waals surface area (Å²) in [6.45, 7) is 1.21. The van der Waals surface area contributed by atoms with E-state index in [4.69, 9.17) is 9.47 Å². The zero-order chi connectivity index (χ0) is 19.2. The van der Waals surface area contributed by atoms with Crippen molar-refractivity contribution in [3.8, 4) is 11.5 Å². The molecular formula is C23H20N2O3. The second-order valence-corrected chi connectivity index (χ2v) is 6.33. The van der Waals surface area contributed by atoms with Crippen molar-refractivity contribution >= 4 is 10.9 Å². The first-order valence-electron chi connectivity index (χ1n) is 9.14. The summed E-state index contributed by atoms with van der Waals surface area (Å²) in [6.07, 6.45) is 1.56. The monoisotopic (exact) mass is 372 g/mol. The molecule has 0 aliphatic carbocycles. The van der Waals surface area contributed by atoms with Crippen molar-refractivity contribution in [2.75, 3.05) is 6.61 Å². The van der Waals surface area contributed by atoms with E-state index in [9.17, 15) is 4.79 Å². The smallest absolute Gasteiger partial charge is 0.261 e. The Bertz CT molecular complexity index is 1120. The molecule has 5 heteroatoms. The van der Waals surface area contributed by atoms with Gasteiger partial charge in [-0.3, -0.25) is 9.36 Å². The van der Waals surface area contributed by atoms with Crippen LogP contribution in [0.1, 0.15) is 5.56 Å². The third-order valence-electron chi connectivity index (χ3n) is 4.41. The van der Waals surface area contributed by atoms with Gasteiger partial charge in [0.05, 0.1) is 23.8 Å². The Labute approximate surface area is 162 Å². The molecule has 0 fully saturated rings. The van der Waals surface area contributed by atoms with Crippen LogP contribution in [-0.2, 0) is 13.2 Å². The Morgan fingerprint density at radius 2 is 1.46 bits per heavy atom. The SMILES string of the molecule is O=c1c2ccccc2ncn1CCOc1ccccc1OCc1ccccc1. The van der Waals surface area contributed by atoms with Crippen LogP contribution in [0.2, 0.25) is 0 Å². The van der Waals surface area contributed by atoms with Gasteiger partial charge in [0, 0.05) is 0 Å². The number of ether oxygens (including phenoxy) is 2. The molecule has 4 aromatic rings. The average molecular weight is 372 g/mol. The average Bonchev–Trinajstić information content (AvgIpc) is 2.75. The highest BCUT2D eigenvalue weighted by atomic mass is 16.5. The summed E-state index contributed by atoms with van der Waals surface area (Å²) in [7, 11) is 0. The van der Waals surface area contributed by atoms with Crippen LogP contribution >= 0.6 is 0 Å². The predicted octanol–water partition coefficient (Wildman–Crippen LogP) is 4.05. The Balaban J connectivity index is 1.42. The molecule has 0 radical (unpaired) electrons. The number of benzene rings is 3. The van der Waals surface area contributed by atoms with Crippen LogP contribution in [0, 0.1) is 0 Å². The number of fused-ring (bicyclic) bond motifs is 1. The van der Waals surface area contributed by atoms with E-state index in [0.717, 1.165) is 5.56 Å². The first-order valence-corrected chi connectivity index (χ1v) is 9.14. The minimum absolute atomic E-state index is 0.0668. The molecule has 3 aromatic carbocycles.